The second-order valence-corrected chi connectivity index (χ2v) is 9.76. The molecule has 1 aliphatic heterocycles. The fourth-order valence-corrected chi connectivity index (χ4v) is 4.09. The summed E-state index contributed by atoms with van der Waals surface area (Å²) in [5, 5.41) is 0. The summed E-state index contributed by atoms with van der Waals surface area (Å²) in [4.78, 5) is 30.6. The molecule has 6 nitrogen and oxygen atoms in total. The van der Waals surface area contributed by atoms with E-state index in [1.165, 1.54) is 6.07 Å². The average molecular weight is 450 g/mol. The Labute approximate surface area is 192 Å². The maximum Gasteiger partial charge on any atom is 0.410 e. The Morgan fingerprint density at radius 2 is 1.75 bits per heavy atom. The van der Waals surface area contributed by atoms with Gasteiger partial charge in [-0.05, 0) is 46.6 Å². The highest BCUT2D eigenvalue weighted by molar-refractivity contribution is 5.78. The first kappa shape index (κ1) is 26.1. The van der Waals surface area contributed by atoms with Crippen LogP contribution in [0, 0.1) is 11.7 Å². The van der Waals surface area contributed by atoms with Crippen molar-refractivity contribution in [2.24, 2.45) is 5.92 Å². The molecule has 1 heterocycles. The largest absolute Gasteiger partial charge is 0.444 e. The van der Waals surface area contributed by atoms with Crippen LogP contribution in [0.3, 0.4) is 0 Å². The van der Waals surface area contributed by atoms with Gasteiger partial charge >= 0.3 is 6.09 Å². The highest BCUT2D eigenvalue weighted by Crippen LogP contribution is 2.29. The maximum absolute atomic E-state index is 14.7. The molecule has 1 saturated heterocycles. The van der Waals surface area contributed by atoms with Crippen LogP contribution in [-0.4, -0.2) is 71.6 Å². The van der Waals surface area contributed by atoms with E-state index in [4.69, 9.17) is 4.74 Å². The maximum atomic E-state index is 14.7. The topological polar surface area (TPSA) is 53.1 Å². The number of nitrogens with zero attached hydrogens (tertiary/aromatic N) is 3. The standard InChI is InChI=1S/C25H40FN3O3/c1-7-27(23(30)19(2)3)14-10-13-22(20-11-8-9-12-21(20)26)28-15-17-29(18-16-28)24(31)32-25(4,5)6/h8-9,11-12,19,22H,7,10,13-18H2,1-6H3. The number of benzene rings is 1. The van der Waals surface area contributed by atoms with E-state index in [1.54, 1.807) is 11.0 Å². The van der Waals surface area contributed by atoms with Crippen LogP contribution in [0.4, 0.5) is 9.18 Å². The van der Waals surface area contributed by atoms with Crippen molar-refractivity contribution in [2.45, 2.75) is 66.0 Å². The van der Waals surface area contributed by atoms with E-state index >= 15 is 0 Å². The fraction of sp³-hybridized carbons (Fsp3) is 0.680. The second-order valence-electron chi connectivity index (χ2n) is 9.76. The molecule has 2 amide bonds. The molecule has 7 heteroatoms. The number of hydrogen-bond donors (Lipinski definition) is 0. The minimum Gasteiger partial charge on any atom is -0.444 e. The molecular weight excluding hydrogens is 409 g/mol. The zero-order valence-corrected chi connectivity index (χ0v) is 20.6. The Hall–Kier alpha value is -2.15. The van der Waals surface area contributed by atoms with Crippen LogP contribution in [0.5, 0.6) is 0 Å². The van der Waals surface area contributed by atoms with Crippen molar-refractivity contribution in [1.82, 2.24) is 14.7 Å². The number of halogens is 1. The first-order valence-corrected chi connectivity index (χ1v) is 11.8. The van der Waals surface area contributed by atoms with Crippen molar-refractivity contribution < 1.29 is 18.7 Å². The Kier molecular flexibility index (Phi) is 9.49. The molecular formula is C25H40FN3O3. The minimum atomic E-state index is -0.525. The van der Waals surface area contributed by atoms with Crippen molar-refractivity contribution in [1.29, 1.82) is 0 Å². The third kappa shape index (κ3) is 7.47. The smallest absolute Gasteiger partial charge is 0.410 e. The lowest BCUT2D eigenvalue weighted by Gasteiger charge is -2.40. The zero-order chi connectivity index (χ0) is 23.9. The summed E-state index contributed by atoms with van der Waals surface area (Å²) < 4.78 is 20.2. The van der Waals surface area contributed by atoms with Gasteiger partial charge in [0.15, 0.2) is 0 Å². The normalized spacial score (nSPS) is 16.2. The fourth-order valence-electron chi connectivity index (χ4n) is 4.09. The average Bonchev–Trinajstić information content (AvgIpc) is 2.73. The van der Waals surface area contributed by atoms with E-state index < -0.39 is 5.60 Å². The van der Waals surface area contributed by atoms with E-state index in [1.807, 2.05) is 58.6 Å². The molecule has 180 valence electrons. The molecule has 1 aromatic rings. The molecule has 0 radical (unpaired) electrons. The van der Waals surface area contributed by atoms with E-state index in [-0.39, 0.29) is 29.8 Å². The molecule has 1 unspecified atom stereocenters. The summed E-state index contributed by atoms with van der Waals surface area (Å²) in [7, 11) is 0. The number of ether oxygens (including phenoxy) is 1. The molecule has 1 atom stereocenters. The van der Waals surface area contributed by atoms with Gasteiger partial charge < -0.3 is 14.5 Å². The molecule has 2 rings (SSSR count). The summed E-state index contributed by atoms with van der Waals surface area (Å²) in [5.74, 6) is -0.0863. The van der Waals surface area contributed by atoms with Gasteiger partial charge in [0.05, 0.1) is 0 Å². The zero-order valence-electron chi connectivity index (χ0n) is 20.6. The predicted molar refractivity (Wildman–Crippen MR) is 125 cm³/mol. The Morgan fingerprint density at radius 3 is 2.28 bits per heavy atom. The second kappa shape index (κ2) is 11.6. The van der Waals surface area contributed by atoms with Crippen molar-refractivity contribution in [2.75, 3.05) is 39.3 Å². The number of hydrogen-bond acceptors (Lipinski definition) is 4. The lowest BCUT2D eigenvalue weighted by Crippen LogP contribution is -2.51. The SMILES string of the molecule is CCN(CCCC(c1ccccc1F)N1CCN(C(=O)OC(C)(C)C)CC1)C(=O)C(C)C. The number of carbonyl (C=O) groups is 2. The van der Waals surface area contributed by atoms with Gasteiger partial charge in [0.2, 0.25) is 5.91 Å². The predicted octanol–water partition coefficient (Wildman–Crippen LogP) is 4.70. The molecule has 0 N–H and O–H groups in total. The van der Waals surface area contributed by atoms with Gasteiger partial charge in [-0.1, -0.05) is 32.0 Å². The first-order chi connectivity index (χ1) is 15.0. The van der Waals surface area contributed by atoms with Gasteiger partial charge in [-0.3, -0.25) is 9.69 Å². The van der Waals surface area contributed by atoms with Crippen LogP contribution < -0.4 is 0 Å². The van der Waals surface area contributed by atoms with Crippen molar-refractivity contribution in [3.05, 3.63) is 35.6 Å². The van der Waals surface area contributed by atoms with Gasteiger partial charge in [0.1, 0.15) is 11.4 Å². The number of piperazine rings is 1. The van der Waals surface area contributed by atoms with Crippen LogP contribution >= 0.6 is 0 Å². The van der Waals surface area contributed by atoms with E-state index in [2.05, 4.69) is 4.90 Å². The lowest BCUT2D eigenvalue weighted by molar-refractivity contribution is -0.134. The highest BCUT2D eigenvalue weighted by Gasteiger charge is 2.30. The van der Waals surface area contributed by atoms with Crippen LogP contribution in [-0.2, 0) is 9.53 Å². The molecule has 1 fully saturated rings. The Bertz CT molecular complexity index is 755. The van der Waals surface area contributed by atoms with E-state index in [0.717, 1.165) is 12.8 Å². The number of rotatable bonds is 8. The summed E-state index contributed by atoms with van der Waals surface area (Å²) >= 11 is 0. The third-order valence-electron chi connectivity index (χ3n) is 5.76. The molecule has 0 aromatic heterocycles. The van der Waals surface area contributed by atoms with Gasteiger partial charge in [-0.15, -0.1) is 0 Å². The quantitative estimate of drug-likeness (QED) is 0.577. The molecule has 0 aliphatic carbocycles. The molecule has 1 aliphatic rings. The minimum absolute atomic E-state index is 0.0294. The van der Waals surface area contributed by atoms with Gasteiger partial charge in [-0.25, -0.2) is 9.18 Å². The van der Waals surface area contributed by atoms with Crippen LogP contribution in [0.1, 0.15) is 66.0 Å². The molecule has 0 bridgehead atoms. The first-order valence-electron chi connectivity index (χ1n) is 11.8. The summed E-state index contributed by atoms with van der Waals surface area (Å²) in [6.07, 6.45) is 1.23. The monoisotopic (exact) mass is 449 g/mol. The molecule has 32 heavy (non-hydrogen) atoms. The van der Waals surface area contributed by atoms with E-state index in [0.29, 0.717) is 44.8 Å². The third-order valence-corrected chi connectivity index (χ3v) is 5.76. The van der Waals surface area contributed by atoms with Gasteiger partial charge in [0.25, 0.3) is 0 Å². The molecule has 1 aromatic carbocycles. The van der Waals surface area contributed by atoms with Crippen molar-refractivity contribution in [3.63, 3.8) is 0 Å². The van der Waals surface area contributed by atoms with Crippen LogP contribution in [0.2, 0.25) is 0 Å². The highest BCUT2D eigenvalue weighted by atomic mass is 19.1. The van der Waals surface area contributed by atoms with E-state index in [9.17, 15) is 14.0 Å². The Balaban J connectivity index is 2.05. The van der Waals surface area contributed by atoms with Crippen molar-refractivity contribution in [3.8, 4) is 0 Å². The summed E-state index contributed by atoms with van der Waals surface area (Å²) in [6, 6.07) is 6.82. The molecule has 0 spiro atoms. The number of amides is 2. The van der Waals surface area contributed by atoms with Gasteiger partial charge in [0, 0.05) is 56.8 Å². The Morgan fingerprint density at radius 1 is 1.12 bits per heavy atom. The number of carbonyl (C=O) groups excluding carboxylic acids is 2. The molecule has 0 saturated carbocycles. The summed E-state index contributed by atoms with van der Waals surface area (Å²) in [5.41, 5.74) is 0.152. The van der Waals surface area contributed by atoms with Crippen LogP contribution in [0.15, 0.2) is 24.3 Å². The van der Waals surface area contributed by atoms with Crippen LogP contribution in [0.25, 0.3) is 0 Å². The van der Waals surface area contributed by atoms with Crippen molar-refractivity contribution >= 4 is 12.0 Å². The summed E-state index contributed by atoms with van der Waals surface area (Å²) in [6.45, 7) is 15.1. The van der Waals surface area contributed by atoms with Gasteiger partial charge in [-0.2, -0.15) is 0 Å². The lowest BCUT2D eigenvalue weighted by atomic mass is 9.98.